The van der Waals surface area contributed by atoms with Crippen molar-refractivity contribution in [2.45, 2.75) is 25.7 Å². The molecule has 7 nitrogen and oxygen atoms in total. The second-order valence-corrected chi connectivity index (χ2v) is 8.87. The van der Waals surface area contributed by atoms with Crippen LogP contribution in [0.2, 0.25) is 5.02 Å². The van der Waals surface area contributed by atoms with Crippen molar-refractivity contribution in [3.8, 4) is 22.8 Å². The fourth-order valence-electron chi connectivity index (χ4n) is 4.56. The minimum Gasteiger partial charge on any atom is -0.457 e. The van der Waals surface area contributed by atoms with E-state index in [1.165, 1.54) is 0 Å². The summed E-state index contributed by atoms with van der Waals surface area (Å²) in [5, 5.41) is 3.85. The van der Waals surface area contributed by atoms with E-state index >= 15 is 0 Å². The molecule has 2 aromatic heterocycles. The van der Waals surface area contributed by atoms with Gasteiger partial charge >= 0.3 is 0 Å². The number of ether oxygens (including phenoxy) is 1. The predicted octanol–water partition coefficient (Wildman–Crippen LogP) is 5.59. The zero-order valence-electron chi connectivity index (χ0n) is 18.9. The van der Waals surface area contributed by atoms with Crippen LogP contribution in [0.15, 0.2) is 67.0 Å². The van der Waals surface area contributed by atoms with Crippen molar-refractivity contribution in [3.63, 3.8) is 0 Å². The van der Waals surface area contributed by atoms with Crippen LogP contribution in [-0.2, 0) is 0 Å². The van der Waals surface area contributed by atoms with Gasteiger partial charge in [0.25, 0.3) is 5.91 Å². The third-order valence-electron chi connectivity index (χ3n) is 6.22. The first-order chi connectivity index (χ1) is 16.5. The summed E-state index contributed by atoms with van der Waals surface area (Å²) in [7, 11) is 0. The van der Waals surface area contributed by atoms with Crippen LogP contribution in [0.1, 0.15) is 41.7 Å². The van der Waals surface area contributed by atoms with Crippen LogP contribution in [0, 0.1) is 0 Å². The Labute approximate surface area is 202 Å². The van der Waals surface area contributed by atoms with Crippen molar-refractivity contribution >= 4 is 23.2 Å². The molecular weight excluding hydrogens is 450 g/mol. The number of halogens is 1. The lowest BCUT2D eigenvalue weighted by Gasteiger charge is -2.30. The number of aromatic nitrogens is 3. The van der Waals surface area contributed by atoms with Gasteiger partial charge in [-0.25, -0.2) is 9.50 Å². The molecule has 1 saturated heterocycles. The maximum atomic E-state index is 12.4. The SMILES string of the molecule is CC=CN1CCC(c2c[nH]n3c(C(N)=O)c(-c4ccc(Oc5ccc(Cl)cc5)cc4)nc23)CC1. The summed E-state index contributed by atoms with van der Waals surface area (Å²) in [6.07, 6.45) is 8.23. The Kier molecular flexibility index (Phi) is 6.02. The maximum Gasteiger partial charge on any atom is 0.269 e. The lowest BCUT2D eigenvalue weighted by molar-refractivity contribution is 0.0994. The molecule has 0 spiro atoms. The summed E-state index contributed by atoms with van der Waals surface area (Å²) in [5.41, 5.74) is 9.36. The monoisotopic (exact) mass is 475 g/mol. The first-order valence-corrected chi connectivity index (χ1v) is 11.7. The van der Waals surface area contributed by atoms with E-state index in [4.69, 9.17) is 27.1 Å². The number of imidazole rings is 1. The Bertz CT molecular complexity index is 1330. The number of nitrogens with one attached hydrogen (secondary N) is 1. The standard InChI is InChI=1S/C26H26ClN5O2/c1-2-13-31-14-11-17(12-15-31)22-16-29-32-24(25(28)33)23(30-26(22)32)18-3-7-20(8-4-18)34-21-9-5-19(27)6-10-21/h2-10,13,16-17,29H,11-12,14-15H2,1H3,(H2,28,33). The van der Waals surface area contributed by atoms with Crippen LogP contribution in [-0.4, -0.2) is 38.5 Å². The van der Waals surface area contributed by atoms with Crippen LogP contribution < -0.4 is 10.5 Å². The van der Waals surface area contributed by atoms with E-state index in [1.54, 1.807) is 16.6 Å². The fourth-order valence-corrected chi connectivity index (χ4v) is 4.68. The number of amides is 1. The zero-order valence-corrected chi connectivity index (χ0v) is 19.6. The number of rotatable bonds is 6. The van der Waals surface area contributed by atoms with Crippen LogP contribution in [0.5, 0.6) is 11.5 Å². The molecule has 0 bridgehead atoms. The van der Waals surface area contributed by atoms with Crippen LogP contribution >= 0.6 is 11.6 Å². The summed E-state index contributed by atoms with van der Waals surface area (Å²) in [5.74, 6) is 1.21. The van der Waals surface area contributed by atoms with Crippen molar-refractivity contribution in [2.75, 3.05) is 13.1 Å². The average molecular weight is 476 g/mol. The Balaban J connectivity index is 1.43. The van der Waals surface area contributed by atoms with E-state index in [9.17, 15) is 4.79 Å². The van der Waals surface area contributed by atoms with E-state index in [0.717, 1.165) is 42.7 Å². The normalized spacial score (nSPS) is 14.8. The Morgan fingerprint density at radius 1 is 1.12 bits per heavy atom. The van der Waals surface area contributed by atoms with Gasteiger partial charge in [-0.3, -0.25) is 9.89 Å². The molecule has 174 valence electrons. The zero-order chi connectivity index (χ0) is 23.7. The number of nitrogens with zero attached hydrogens (tertiary/aromatic N) is 3. The highest BCUT2D eigenvalue weighted by Gasteiger charge is 2.27. The molecule has 1 amide bonds. The molecule has 1 aliphatic rings. The molecule has 0 atom stereocenters. The van der Waals surface area contributed by atoms with Crippen LogP contribution in [0.3, 0.4) is 0 Å². The van der Waals surface area contributed by atoms with E-state index in [0.29, 0.717) is 33.8 Å². The number of primary amides is 1. The minimum absolute atomic E-state index is 0.346. The number of allylic oxidation sites excluding steroid dienone is 1. The average Bonchev–Trinajstić information content (AvgIpc) is 3.41. The molecule has 0 aliphatic carbocycles. The molecule has 2 aromatic carbocycles. The van der Waals surface area contributed by atoms with Crippen molar-refractivity contribution in [1.82, 2.24) is 19.5 Å². The first kappa shape index (κ1) is 22.1. The maximum absolute atomic E-state index is 12.4. The molecule has 5 rings (SSSR count). The third-order valence-corrected chi connectivity index (χ3v) is 6.48. The smallest absolute Gasteiger partial charge is 0.269 e. The second kappa shape index (κ2) is 9.27. The molecular formula is C26H26ClN5O2. The van der Waals surface area contributed by atoms with E-state index in [1.807, 2.05) is 49.5 Å². The van der Waals surface area contributed by atoms with Crippen LogP contribution in [0.25, 0.3) is 16.9 Å². The van der Waals surface area contributed by atoms with Gasteiger partial charge in [0.1, 0.15) is 17.2 Å². The van der Waals surface area contributed by atoms with Gasteiger partial charge in [-0.1, -0.05) is 17.7 Å². The van der Waals surface area contributed by atoms with Crippen molar-refractivity contribution < 1.29 is 9.53 Å². The molecule has 34 heavy (non-hydrogen) atoms. The first-order valence-electron chi connectivity index (χ1n) is 11.3. The highest BCUT2D eigenvalue weighted by Crippen LogP contribution is 2.34. The summed E-state index contributed by atoms with van der Waals surface area (Å²) in [4.78, 5) is 19.6. The molecule has 0 unspecified atom stereocenters. The van der Waals surface area contributed by atoms with Gasteiger partial charge in [0.15, 0.2) is 11.3 Å². The van der Waals surface area contributed by atoms with Gasteiger partial charge in [-0.15, -0.1) is 0 Å². The summed E-state index contributed by atoms with van der Waals surface area (Å²) in [6.45, 7) is 4.03. The molecule has 8 heteroatoms. The van der Waals surface area contributed by atoms with Gasteiger partial charge in [-0.05, 0) is 80.4 Å². The predicted molar refractivity (Wildman–Crippen MR) is 133 cm³/mol. The highest BCUT2D eigenvalue weighted by molar-refractivity contribution is 6.30. The number of piperidine rings is 1. The lowest BCUT2D eigenvalue weighted by atomic mass is 9.91. The Morgan fingerprint density at radius 3 is 2.38 bits per heavy atom. The number of nitrogens with two attached hydrogens (primary N) is 1. The largest absolute Gasteiger partial charge is 0.457 e. The number of benzene rings is 2. The summed E-state index contributed by atoms with van der Waals surface area (Å²) in [6, 6.07) is 14.6. The van der Waals surface area contributed by atoms with Gasteiger partial charge in [-0.2, -0.15) is 0 Å². The van der Waals surface area contributed by atoms with Crippen molar-refractivity contribution in [1.29, 1.82) is 0 Å². The van der Waals surface area contributed by atoms with Gasteiger partial charge in [0.05, 0.1) is 0 Å². The summed E-state index contributed by atoms with van der Waals surface area (Å²) >= 11 is 5.94. The second-order valence-electron chi connectivity index (χ2n) is 8.43. The quantitative estimate of drug-likeness (QED) is 0.380. The molecule has 4 aromatic rings. The molecule has 1 fully saturated rings. The number of hydrogen-bond donors (Lipinski definition) is 2. The van der Waals surface area contributed by atoms with E-state index in [2.05, 4.69) is 22.3 Å². The molecule has 0 saturated carbocycles. The number of aromatic amines is 1. The molecule has 1 aliphatic heterocycles. The Morgan fingerprint density at radius 2 is 1.76 bits per heavy atom. The number of likely N-dealkylation sites (tertiary alicyclic amines) is 1. The van der Waals surface area contributed by atoms with E-state index < -0.39 is 5.91 Å². The summed E-state index contributed by atoms with van der Waals surface area (Å²) < 4.78 is 7.59. The van der Waals surface area contributed by atoms with Gasteiger partial charge < -0.3 is 15.4 Å². The number of H-pyrrole nitrogens is 1. The van der Waals surface area contributed by atoms with Gasteiger partial charge in [0, 0.05) is 35.4 Å². The Hall–Kier alpha value is -3.71. The van der Waals surface area contributed by atoms with Crippen LogP contribution in [0.4, 0.5) is 0 Å². The highest BCUT2D eigenvalue weighted by atomic mass is 35.5. The van der Waals surface area contributed by atoms with Crippen molar-refractivity contribution in [2.24, 2.45) is 5.73 Å². The molecule has 0 radical (unpaired) electrons. The number of hydrogen-bond acceptors (Lipinski definition) is 4. The minimum atomic E-state index is -0.528. The number of carbonyl (C=O) groups excluding carboxylic acids is 1. The lowest BCUT2D eigenvalue weighted by Crippen LogP contribution is -2.28. The van der Waals surface area contributed by atoms with Gasteiger partial charge in [0.2, 0.25) is 0 Å². The van der Waals surface area contributed by atoms with Crippen molar-refractivity contribution in [3.05, 3.63) is 83.3 Å². The molecule has 3 N–H and O–H groups in total. The van der Waals surface area contributed by atoms with E-state index in [-0.39, 0.29) is 0 Å². The third kappa shape index (κ3) is 4.26. The number of fused-ring (bicyclic) bond motifs is 1. The topological polar surface area (TPSA) is 88.7 Å². The number of carbonyl (C=O) groups is 1. The fraction of sp³-hybridized carbons (Fsp3) is 0.231. The molecule has 3 heterocycles.